The van der Waals surface area contributed by atoms with Crippen LogP contribution in [0.15, 0.2) is 36.4 Å². The third kappa shape index (κ3) is 2.42. The number of hydrogen-bond acceptors (Lipinski definition) is 4. The Bertz CT molecular complexity index is 688. The van der Waals surface area contributed by atoms with Crippen LogP contribution in [0.4, 0.5) is 0 Å². The monoisotopic (exact) mass is 330 g/mol. The molecule has 2 fully saturated rings. The molecule has 3 aliphatic heterocycles. The van der Waals surface area contributed by atoms with Crippen molar-refractivity contribution in [3.05, 3.63) is 42.0 Å². The SMILES string of the molecule is COc1ccc(C(=O)NC(=S)N2CC3CC4C=CC3(C2)O4)cc1. The van der Waals surface area contributed by atoms with E-state index in [9.17, 15) is 4.79 Å². The molecule has 120 valence electrons. The molecule has 1 N–H and O–H groups in total. The molecule has 23 heavy (non-hydrogen) atoms. The second-order valence-electron chi connectivity index (χ2n) is 6.27. The van der Waals surface area contributed by atoms with E-state index in [1.807, 2.05) is 4.90 Å². The van der Waals surface area contributed by atoms with Gasteiger partial charge in [0.2, 0.25) is 0 Å². The summed E-state index contributed by atoms with van der Waals surface area (Å²) in [4.78, 5) is 14.3. The Morgan fingerprint density at radius 3 is 2.87 bits per heavy atom. The zero-order valence-electron chi connectivity index (χ0n) is 12.8. The zero-order valence-corrected chi connectivity index (χ0v) is 13.6. The van der Waals surface area contributed by atoms with Crippen LogP contribution in [0, 0.1) is 5.92 Å². The number of fused-ring (bicyclic) bond motifs is 1. The van der Waals surface area contributed by atoms with E-state index in [1.54, 1.807) is 31.4 Å². The fraction of sp³-hybridized carbons (Fsp3) is 0.412. The largest absolute Gasteiger partial charge is 0.497 e. The van der Waals surface area contributed by atoms with Crippen LogP contribution in [0.2, 0.25) is 0 Å². The van der Waals surface area contributed by atoms with E-state index in [0.29, 0.717) is 23.1 Å². The maximum atomic E-state index is 12.3. The van der Waals surface area contributed by atoms with E-state index in [0.717, 1.165) is 18.7 Å². The Morgan fingerprint density at radius 1 is 1.43 bits per heavy atom. The van der Waals surface area contributed by atoms with E-state index < -0.39 is 0 Å². The zero-order chi connectivity index (χ0) is 16.0. The maximum Gasteiger partial charge on any atom is 0.257 e. The summed E-state index contributed by atoms with van der Waals surface area (Å²) >= 11 is 5.42. The van der Waals surface area contributed by atoms with E-state index in [1.165, 1.54) is 0 Å². The smallest absolute Gasteiger partial charge is 0.257 e. The summed E-state index contributed by atoms with van der Waals surface area (Å²) in [6.07, 6.45) is 5.62. The molecule has 1 aromatic rings. The first-order valence-electron chi connectivity index (χ1n) is 7.71. The lowest BCUT2D eigenvalue weighted by Gasteiger charge is -2.23. The lowest BCUT2D eigenvalue weighted by Crippen LogP contribution is -2.43. The summed E-state index contributed by atoms with van der Waals surface area (Å²) in [6.45, 7) is 1.55. The molecule has 3 atom stereocenters. The van der Waals surface area contributed by atoms with Crippen LogP contribution in [-0.2, 0) is 4.74 Å². The van der Waals surface area contributed by atoms with Crippen molar-refractivity contribution in [1.82, 2.24) is 10.2 Å². The number of rotatable bonds is 2. The highest BCUT2D eigenvalue weighted by molar-refractivity contribution is 7.80. The molecule has 3 heterocycles. The van der Waals surface area contributed by atoms with Gasteiger partial charge in [0.1, 0.15) is 11.4 Å². The number of nitrogens with zero attached hydrogens (tertiary/aromatic N) is 1. The first-order valence-corrected chi connectivity index (χ1v) is 8.12. The van der Waals surface area contributed by atoms with E-state index in [4.69, 9.17) is 21.7 Å². The molecule has 0 saturated carbocycles. The van der Waals surface area contributed by atoms with Gasteiger partial charge >= 0.3 is 0 Å². The third-order valence-electron chi connectivity index (χ3n) is 4.91. The molecule has 5 nitrogen and oxygen atoms in total. The minimum absolute atomic E-state index is 0.195. The Kier molecular flexibility index (Phi) is 3.39. The molecule has 0 radical (unpaired) electrons. The molecule has 2 saturated heterocycles. The van der Waals surface area contributed by atoms with Crippen LogP contribution in [0.25, 0.3) is 0 Å². The number of likely N-dealkylation sites (tertiary alicyclic amines) is 1. The Hall–Kier alpha value is -1.92. The minimum Gasteiger partial charge on any atom is -0.497 e. The van der Waals surface area contributed by atoms with Crippen molar-refractivity contribution in [3.8, 4) is 5.75 Å². The number of benzene rings is 1. The minimum atomic E-state index is -0.201. The summed E-state index contributed by atoms with van der Waals surface area (Å²) in [5.41, 5.74) is 0.363. The molecule has 1 spiro atoms. The summed E-state index contributed by atoms with van der Waals surface area (Å²) in [7, 11) is 1.60. The highest BCUT2D eigenvalue weighted by atomic mass is 32.1. The predicted octanol–water partition coefficient (Wildman–Crippen LogP) is 1.74. The molecule has 0 aliphatic carbocycles. The molecule has 6 heteroatoms. The molecular formula is C17H18N2O3S. The van der Waals surface area contributed by atoms with Gasteiger partial charge in [-0.05, 0) is 42.9 Å². The van der Waals surface area contributed by atoms with Gasteiger partial charge in [0.05, 0.1) is 19.8 Å². The van der Waals surface area contributed by atoms with Crippen LogP contribution in [0.1, 0.15) is 16.8 Å². The molecular weight excluding hydrogens is 312 g/mol. The molecule has 2 bridgehead atoms. The number of thiocarbonyl (C=S) groups is 1. The van der Waals surface area contributed by atoms with Gasteiger partial charge in [-0.15, -0.1) is 0 Å². The Morgan fingerprint density at radius 2 is 2.22 bits per heavy atom. The number of amides is 1. The van der Waals surface area contributed by atoms with Gasteiger partial charge in [-0.25, -0.2) is 0 Å². The second kappa shape index (κ2) is 5.32. The summed E-state index contributed by atoms with van der Waals surface area (Å²) in [5, 5.41) is 3.29. The Labute approximate surface area is 140 Å². The van der Waals surface area contributed by atoms with Gasteiger partial charge in [-0.1, -0.05) is 12.2 Å². The van der Waals surface area contributed by atoms with Crippen LogP contribution in [0.5, 0.6) is 5.75 Å². The molecule has 4 rings (SSSR count). The van der Waals surface area contributed by atoms with Gasteiger partial charge in [0.25, 0.3) is 5.91 Å². The number of methoxy groups -OCH3 is 1. The van der Waals surface area contributed by atoms with Gasteiger partial charge < -0.3 is 14.4 Å². The first-order chi connectivity index (χ1) is 11.1. The van der Waals surface area contributed by atoms with Crippen molar-refractivity contribution in [2.45, 2.75) is 18.1 Å². The fourth-order valence-corrected chi connectivity index (χ4v) is 3.92. The van der Waals surface area contributed by atoms with Gasteiger partial charge in [-0.3, -0.25) is 10.1 Å². The number of carbonyl (C=O) groups is 1. The normalized spacial score (nSPS) is 30.4. The maximum absolute atomic E-state index is 12.3. The van der Waals surface area contributed by atoms with Gasteiger partial charge in [0.15, 0.2) is 5.11 Å². The van der Waals surface area contributed by atoms with Crippen molar-refractivity contribution >= 4 is 23.2 Å². The lowest BCUT2D eigenvalue weighted by molar-refractivity contribution is 0.0283. The number of hydrogen-bond donors (Lipinski definition) is 1. The molecule has 1 amide bonds. The van der Waals surface area contributed by atoms with E-state index in [-0.39, 0.29) is 17.6 Å². The predicted molar refractivity (Wildman–Crippen MR) is 89.5 cm³/mol. The Balaban J connectivity index is 1.40. The number of carbonyl (C=O) groups excluding carboxylic acids is 1. The third-order valence-corrected chi connectivity index (χ3v) is 5.27. The number of nitrogens with one attached hydrogen (secondary N) is 1. The quantitative estimate of drug-likeness (QED) is 0.661. The van der Waals surface area contributed by atoms with Crippen molar-refractivity contribution in [2.75, 3.05) is 20.2 Å². The molecule has 3 aliphatic rings. The van der Waals surface area contributed by atoms with Gasteiger partial charge in [-0.2, -0.15) is 0 Å². The first kappa shape index (κ1) is 14.7. The van der Waals surface area contributed by atoms with Crippen LogP contribution in [-0.4, -0.2) is 47.8 Å². The topological polar surface area (TPSA) is 50.8 Å². The van der Waals surface area contributed by atoms with Crippen molar-refractivity contribution in [1.29, 1.82) is 0 Å². The highest BCUT2D eigenvalue weighted by Gasteiger charge is 2.55. The van der Waals surface area contributed by atoms with Crippen LogP contribution < -0.4 is 10.1 Å². The summed E-state index contributed by atoms with van der Waals surface area (Å²) < 4.78 is 11.1. The van der Waals surface area contributed by atoms with Crippen molar-refractivity contribution in [3.63, 3.8) is 0 Å². The number of ether oxygens (including phenoxy) is 2. The second-order valence-corrected chi connectivity index (χ2v) is 6.66. The van der Waals surface area contributed by atoms with Crippen molar-refractivity contribution in [2.24, 2.45) is 5.92 Å². The summed E-state index contributed by atoms with van der Waals surface area (Å²) in [6, 6.07) is 6.96. The van der Waals surface area contributed by atoms with Crippen LogP contribution >= 0.6 is 12.2 Å². The van der Waals surface area contributed by atoms with Crippen molar-refractivity contribution < 1.29 is 14.3 Å². The average molecular weight is 330 g/mol. The van der Waals surface area contributed by atoms with Gasteiger partial charge in [0, 0.05) is 18.0 Å². The van der Waals surface area contributed by atoms with E-state index >= 15 is 0 Å². The fourth-order valence-electron chi connectivity index (χ4n) is 3.69. The molecule has 3 unspecified atom stereocenters. The van der Waals surface area contributed by atoms with E-state index in [2.05, 4.69) is 17.5 Å². The molecule has 1 aromatic carbocycles. The molecule has 0 aromatic heterocycles. The highest BCUT2D eigenvalue weighted by Crippen LogP contribution is 2.47. The lowest BCUT2D eigenvalue weighted by atomic mass is 9.86. The summed E-state index contributed by atoms with van der Waals surface area (Å²) in [5.74, 6) is 0.983. The van der Waals surface area contributed by atoms with Crippen LogP contribution in [0.3, 0.4) is 0 Å². The average Bonchev–Trinajstić information content (AvgIpc) is 3.22. The standard InChI is InChI=1S/C17H18N2O3S/c1-21-13-4-2-11(3-5-13)15(20)18-16(23)19-9-12-8-14-6-7-17(12,10-19)22-14/h2-7,12,14H,8-10H2,1H3,(H,18,20,23).